The predicted molar refractivity (Wildman–Crippen MR) is 87.7 cm³/mol. The zero-order valence-corrected chi connectivity index (χ0v) is 13.2. The van der Waals surface area contributed by atoms with Crippen molar-refractivity contribution in [1.29, 1.82) is 0 Å². The highest BCUT2D eigenvalue weighted by atomic mass is 32.1. The molecule has 112 valence electrons. The lowest BCUT2D eigenvalue weighted by Crippen LogP contribution is -2.20. The van der Waals surface area contributed by atoms with Gasteiger partial charge in [0.15, 0.2) is 4.96 Å². The van der Waals surface area contributed by atoms with E-state index in [0.29, 0.717) is 6.54 Å². The molecular weight excluding hydrogens is 296 g/mol. The van der Waals surface area contributed by atoms with Crippen molar-refractivity contribution in [2.24, 2.45) is 0 Å². The molecule has 0 aliphatic heterocycles. The number of rotatable bonds is 4. The summed E-state index contributed by atoms with van der Waals surface area (Å²) in [6, 6.07) is 5.63. The number of pyridine rings is 1. The van der Waals surface area contributed by atoms with Crippen molar-refractivity contribution in [2.75, 3.05) is 0 Å². The van der Waals surface area contributed by atoms with E-state index < -0.39 is 0 Å². The molecule has 5 nitrogen and oxygen atoms in total. The number of imidazole rings is 1. The van der Waals surface area contributed by atoms with Gasteiger partial charge < -0.3 is 5.32 Å². The van der Waals surface area contributed by atoms with Gasteiger partial charge >= 0.3 is 0 Å². The number of thiazole rings is 1. The Morgan fingerprint density at radius 2 is 2.27 bits per heavy atom. The fourth-order valence-electron chi connectivity index (χ4n) is 2.18. The van der Waals surface area contributed by atoms with Crippen LogP contribution in [0.2, 0.25) is 0 Å². The van der Waals surface area contributed by atoms with Crippen molar-refractivity contribution in [3.8, 4) is 0 Å². The molecule has 3 heterocycles. The second-order valence-corrected chi connectivity index (χ2v) is 6.16. The zero-order chi connectivity index (χ0) is 15.5. The highest BCUT2D eigenvalue weighted by Gasteiger charge is 2.08. The number of aryl methyl sites for hydroxylation is 2. The zero-order valence-electron chi connectivity index (χ0n) is 12.4. The summed E-state index contributed by atoms with van der Waals surface area (Å²) in [5.41, 5.74) is 2.69. The van der Waals surface area contributed by atoms with E-state index in [0.717, 1.165) is 22.0 Å². The van der Waals surface area contributed by atoms with E-state index in [1.54, 1.807) is 23.6 Å². The summed E-state index contributed by atoms with van der Waals surface area (Å²) in [5, 5.41) is 2.82. The number of nitrogens with zero attached hydrogens (tertiary/aromatic N) is 3. The van der Waals surface area contributed by atoms with Gasteiger partial charge in [-0.2, -0.15) is 0 Å². The normalized spacial score (nSPS) is 11.4. The Labute approximate surface area is 132 Å². The minimum Gasteiger partial charge on any atom is -0.347 e. The van der Waals surface area contributed by atoms with Crippen LogP contribution >= 0.6 is 11.3 Å². The Morgan fingerprint density at radius 3 is 3.05 bits per heavy atom. The average molecular weight is 312 g/mol. The minimum atomic E-state index is -0.146. The average Bonchev–Trinajstić information content (AvgIpc) is 2.99. The van der Waals surface area contributed by atoms with Crippen molar-refractivity contribution in [1.82, 2.24) is 19.7 Å². The fourth-order valence-corrected chi connectivity index (χ4v) is 3.05. The number of nitrogens with one attached hydrogen (secondary N) is 1. The molecule has 0 bridgehead atoms. The topological polar surface area (TPSA) is 59.3 Å². The summed E-state index contributed by atoms with van der Waals surface area (Å²) < 4.78 is 2.01. The summed E-state index contributed by atoms with van der Waals surface area (Å²) in [6.45, 7) is 4.41. The van der Waals surface area contributed by atoms with Crippen LogP contribution < -0.4 is 5.32 Å². The maximum atomic E-state index is 11.9. The number of carbonyl (C=O) groups excluding carboxylic acids is 1. The standard InChI is InChI=1S/C16H16N4OS/c1-11-10-20-14(12(2)19-16(20)22-11)6-7-15(21)18-9-13-5-3-4-8-17-13/h3-8,10H,9H2,1-2H3,(H,18,21)/b7-6+. The molecule has 6 heteroatoms. The van der Waals surface area contributed by atoms with E-state index in [4.69, 9.17) is 0 Å². The first-order chi connectivity index (χ1) is 10.6. The lowest BCUT2D eigenvalue weighted by molar-refractivity contribution is -0.116. The Morgan fingerprint density at radius 1 is 1.41 bits per heavy atom. The van der Waals surface area contributed by atoms with Crippen LogP contribution in [0.4, 0.5) is 0 Å². The van der Waals surface area contributed by atoms with Crippen molar-refractivity contribution in [2.45, 2.75) is 20.4 Å². The molecular formula is C16H16N4OS. The maximum Gasteiger partial charge on any atom is 0.244 e. The summed E-state index contributed by atoms with van der Waals surface area (Å²) in [5.74, 6) is -0.146. The number of amides is 1. The molecule has 0 aliphatic carbocycles. The molecule has 0 aromatic carbocycles. The molecule has 0 fully saturated rings. The van der Waals surface area contributed by atoms with Crippen LogP contribution in [-0.4, -0.2) is 20.3 Å². The number of fused-ring (bicyclic) bond motifs is 1. The van der Waals surface area contributed by atoms with Gasteiger partial charge in [0.25, 0.3) is 0 Å². The van der Waals surface area contributed by atoms with Crippen molar-refractivity contribution in [3.05, 3.63) is 58.6 Å². The number of carbonyl (C=O) groups is 1. The van der Waals surface area contributed by atoms with Gasteiger partial charge in [0, 0.05) is 23.3 Å². The first-order valence-corrected chi connectivity index (χ1v) is 7.76. The Balaban J connectivity index is 1.69. The third-order valence-corrected chi connectivity index (χ3v) is 4.12. The monoisotopic (exact) mass is 312 g/mol. The van der Waals surface area contributed by atoms with E-state index in [2.05, 4.69) is 15.3 Å². The van der Waals surface area contributed by atoms with E-state index in [1.807, 2.05) is 42.6 Å². The van der Waals surface area contributed by atoms with Crippen LogP contribution in [0.25, 0.3) is 11.0 Å². The SMILES string of the molecule is Cc1cn2c(/C=C/C(=O)NCc3ccccn3)c(C)nc2s1. The van der Waals surface area contributed by atoms with Crippen LogP contribution in [0.1, 0.15) is 22.0 Å². The van der Waals surface area contributed by atoms with Gasteiger partial charge in [-0.05, 0) is 32.1 Å². The van der Waals surface area contributed by atoms with E-state index in [-0.39, 0.29) is 5.91 Å². The van der Waals surface area contributed by atoms with Gasteiger partial charge in [0.1, 0.15) is 0 Å². The Hall–Kier alpha value is -2.47. The summed E-state index contributed by atoms with van der Waals surface area (Å²) >= 11 is 1.64. The molecule has 22 heavy (non-hydrogen) atoms. The van der Waals surface area contributed by atoms with Gasteiger partial charge in [-0.25, -0.2) is 4.98 Å². The molecule has 0 unspecified atom stereocenters. The Bertz CT molecular complexity index is 833. The van der Waals surface area contributed by atoms with Gasteiger partial charge in [-0.3, -0.25) is 14.2 Å². The quantitative estimate of drug-likeness (QED) is 0.754. The van der Waals surface area contributed by atoms with Crippen LogP contribution in [0.3, 0.4) is 0 Å². The lowest BCUT2D eigenvalue weighted by atomic mass is 10.3. The molecule has 3 aromatic rings. The fraction of sp³-hybridized carbons (Fsp3) is 0.188. The maximum absolute atomic E-state index is 11.9. The van der Waals surface area contributed by atoms with E-state index in [1.165, 1.54) is 11.0 Å². The third kappa shape index (κ3) is 3.07. The molecule has 0 atom stereocenters. The Kier molecular flexibility index (Phi) is 4.02. The van der Waals surface area contributed by atoms with Gasteiger partial charge in [-0.1, -0.05) is 6.07 Å². The first kappa shape index (κ1) is 14.5. The van der Waals surface area contributed by atoms with Gasteiger partial charge in [0.2, 0.25) is 5.91 Å². The third-order valence-electron chi connectivity index (χ3n) is 3.23. The van der Waals surface area contributed by atoms with Crippen molar-refractivity contribution in [3.63, 3.8) is 0 Å². The number of aromatic nitrogens is 3. The summed E-state index contributed by atoms with van der Waals surface area (Å²) in [7, 11) is 0. The molecule has 0 spiro atoms. The van der Waals surface area contributed by atoms with E-state index in [9.17, 15) is 4.79 Å². The van der Waals surface area contributed by atoms with Crippen LogP contribution in [0.5, 0.6) is 0 Å². The largest absolute Gasteiger partial charge is 0.347 e. The summed E-state index contributed by atoms with van der Waals surface area (Å²) in [6.07, 6.45) is 7.08. The second kappa shape index (κ2) is 6.11. The predicted octanol–water partition coefficient (Wildman–Crippen LogP) is 2.74. The molecule has 1 N–H and O–H groups in total. The molecule has 1 amide bonds. The van der Waals surface area contributed by atoms with Crippen LogP contribution in [-0.2, 0) is 11.3 Å². The highest BCUT2D eigenvalue weighted by Crippen LogP contribution is 2.21. The second-order valence-electron chi connectivity index (χ2n) is 4.95. The van der Waals surface area contributed by atoms with Crippen LogP contribution in [0.15, 0.2) is 36.7 Å². The van der Waals surface area contributed by atoms with Crippen LogP contribution in [0, 0.1) is 13.8 Å². The van der Waals surface area contributed by atoms with Crippen molar-refractivity contribution >= 4 is 28.3 Å². The molecule has 0 saturated heterocycles. The van der Waals surface area contributed by atoms with Gasteiger partial charge in [0.05, 0.1) is 23.6 Å². The molecule has 0 aliphatic rings. The minimum absolute atomic E-state index is 0.146. The smallest absolute Gasteiger partial charge is 0.244 e. The van der Waals surface area contributed by atoms with Crippen molar-refractivity contribution < 1.29 is 4.79 Å². The summed E-state index contributed by atoms with van der Waals surface area (Å²) in [4.78, 5) is 22.7. The number of hydrogen-bond donors (Lipinski definition) is 1. The molecule has 3 aromatic heterocycles. The lowest BCUT2D eigenvalue weighted by Gasteiger charge is -2.01. The molecule has 0 saturated carbocycles. The highest BCUT2D eigenvalue weighted by molar-refractivity contribution is 7.17. The van der Waals surface area contributed by atoms with E-state index >= 15 is 0 Å². The molecule has 0 radical (unpaired) electrons. The molecule has 3 rings (SSSR count). The number of hydrogen-bond acceptors (Lipinski definition) is 4. The first-order valence-electron chi connectivity index (χ1n) is 6.94. The van der Waals surface area contributed by atoms with Gasteiger partial charge in [-0.15, -0.1) is 11.3 Å².